The summed E-state index contributed by atoms with van der Waals surface area (Å²) in [5.41, 5.74) is 2.12. The first-order chi connectivity index (χ1) is 8.99. The van der Waals surface area contributed by atoms with Gasteiger partial charge in [-0.1, -0.05) is 0 Å². The minimum absolute atomic E-state index is 0. The summed E-state index contributed by atoms with van der Waals surface area (Å²) < 4.78 is 1.96. The summed E-state index contributed by atoms with van der Waals surface area (Å²) in [7, 11) is 0. The second-order valence-corrected chi connectivity index (χ2v) is 5.57. The molecular weight excluding hydrogens is 311 g/mol. The summed E-state index contributed by atoms with van der Waals surface area (Å²) in [6.07, 6.45) is 0.520. The third kappa shape index (κ3) is 4.87. The molecule has 1 fully saturated rings. The van der Waals surface area contributed by atoms with E-state index in [4.69, 9.17) is 0 Å². The molecule has 0 aromatic carbocycles. The predicted octanol–water partition coefficient (Wildman–Crippen LogP) is 2.11. The first-order valence-corrected chi connectivity index (χ1v) is 7.02. The van der Waals surface area contributed by atoms with Crippen molar-refractivity contribution in [3.05, 3.63) is 17.5 Å². The monoisotopic (exact) mass is 336 g/mol. The number of hydrogen-bond acceptors (Lipinski definition) is 3. The third-order valence-corrected chi connectivity index (χ3v) is 3.75. The Kier molecular flexibility index (Phi) is 8.29. The van der Waals surface area contributed by atoms with Crippen LogP contribution in [0.15, 0.2) is 6.07 Å². The number of halogens is 2. The number of piperazine rings is 1. The van der Waals surface area contributed by atoms with E-state index >= 15 is 0 Å². The van der Waals surface area contributed by atoms with E-state index in [1.54, 1.807) is 0 Å². The van der Waals surface area contributed by atoms with E-state index < -0.39 is 0 Å². The standard InChI is InChI=1S/C14H24N4O.2ClH/c1-10-7-11(2)18(16-10)12(3)8-14(19)17-6-5-15-9-13(17)4;;/h7,12-13,15H,5-6,8-9H2,1-4H3;2*1H/t12?,13-;;/m1../s1. The van der Waals surface area contributed by atoms with E-state index in [-0.39, 0.29) is 42.8 Å². The largest absolute Gasteiger partial charge is 0.337 e. The van der Waals surface area contributed by atoms with Gasteiger partial charge in [-0.05, 0) is 33.8 Å². The molecule has 5 nitrogen and oxygen atoms in total. The van der Waals surface area contributed by atoms with Crippen molar-refractivity contribution in [3.63, 3.8) is 0 Å². The predicted molar refractivity (Wildman–Crippen MR) is 89.6 cm³/mol. The Balaban J connectivity index is 0.00000200. The van der Waals surface area contributed by atoms with Crippen LogP contribution in [0.1, 0.15) is 37.7 Å². The van der Waals surface area contributed by atoms with Gasteiger partial charge in [0.1, 0.15) is 0 Å². The zero-order valence-electron chi connectivity index (χ0n) is 13.1. The molecule has 1 aliphatic rings. The highest BCUT2D eigenvalue weighted by Crippen LogP contribution is 2.17. The molecular formula is C14H26Cl2N4O. The first kappa shape index (κ1) is 20.2. The van der Waals surface area contributed by atoms with Crippen molar-refractivity contribution < 1.29 is 4.79 Å². The molecule has 1 N–H and O–H groups in total. The molecule has 0 saturated carbocycles. The Morgan fingerprint density at radius 1 is 1.48 bits per heavy atom. The SMILES string of the molecule is Cc1cc(C)n(C(C)CC(=O)N2CCNC[C@H]2C)n1.Cl.Cl. The maximum Gasteiger partial charge on any atom is 0.225 e. The Hall–Kier alpha value is -0.780. The number of carbonyl (C=O) groups is 1. The minimum Gasteiger partial charge on any atom is -0.337 e. The summed E-state index contributed by atoms with van der Waals surface area (Å²) >= 11 is 0. The molecule has 2 rings (SSSR count). The van der Waals surface area contributed by atoms with E-state index in [1.165, 1.54) is 0 Å². The van der Waals surface area contributed by atoms with Gasteiger partial charge in [0.15, 0.2) is 0 Å². The molecule has 0 aliphatic carbocycles. The lowest BCUT2D eigenvalue weighted by molar-refractivity contribution is -0.134. The van der Waals surface area contributed by atoms with Crippen LogP contribution in [0.5, 0.6) is 0 Å². The van der Waals surface area contributed by atoms with Crippen LogP contribution in [0.4, 0.5) is 0 Å². The number of nitrogens with one attached hydrogen (secondary N) is 1. The van der Waals surface area contributed by atoms with Crippen molar-refractivity contribution in [1.29, 1.82) is 0 Å². The second-order valence-electron chi connectivity index (χ2n) is 5.57. The smallest absolute Gasteiger partial charge is 0.225 e. The number of amides is 1. The van der Waals surface area contributed by atoms with Crippen LogP contribution in [0.25, 0.3) is 0 Å². The van der Waals surface area contributed by atoms with E-state index in [9.17, 15) is 4.79 Å². The van der Waals surface area contributed by atoms with Gasteiger partial charge in [0.05, 0.1) is 11.7 Å². The Labute approximate surface area is 139 Å². The topological polar surface area (TPSA) is 50.2 Å². The summed E-state index contributed by atoms with van der Waals surface area (Å²) in [6.45, 7) is 10.8. The highest BCUT2D eigenvalue weighted by atomic mass is 35.5. The van der Waals surface area contributed by atoms with Gasteiger partial charge in [0.25, 0.3) is 0 Å². The third-order valence-electron chi connectivity index (χ3n) is 3.75. The highest BCUT2D eigenvalue weighted by Gasteiger charge is 2.25. The van der Waals surface area contributed by atoms with Crippen molar-refractivity contribution in [3.8, 4) is 0 Å². The lowest BCUT2D eigenvalue weighted by Crippen LogP contribution is -2.52. The van der Waals surface area contributed by atoms with Crippen molar-refractivity contribution in [2.24, 2.45) is 0 Å². The Morgan fingerprint density at radius 2 is 2.14 bits per heavy atom. The molecule has 1 saturated heterocycles. The van der Waals surface area contributed by atoms with Crippen LogP contribution >= 0.6 is 24.8 Å². The average Bonchev–Trinajstić information content (AvgIpc) is 2.69. The summed E-state index contributed by atoms with van der Waals surface area (Å²) in [4.78, 5) is 14.4. The average molecular weight is 337 g/mol. The van der Waals surface area contributed by atoms with Gasteiger partial charge in [-0.3, -0.25) is 9.48 Å². The van der Waals surface area contributed by atoms with Gasteiger partial charge in [0.2, 0.25) is 5.91 Å². The molecule has 2 heterocycles. The van der Waals surface area contributed by atoms with Crippen LogP contribution in [0.2, 0.25) is 0 Å². The molecule has 0 spiro atoms. The van der Waals surface area contributed by atoms with Gasteiger partial charge in [-0.15, -0.1) is 24.8 Å². The van der Waals surface area contributed by atoms with Gasteiger partial charge in [-0.2, -0.15) is 5.10 Å². The van der Waals surface area contributed by atoms with Gasteiger partial charge < -0.3 is 10.2 Å². The number of carbonyl (C=O) groups excluding carboxylic acids is 1. The van der Waals surface area contributed by atoms with E-state index in [1.807, 2.05) is 23.4 Å². The normalized spacial score (nSPS) is 19.4. The maximum atomic E-state index is 12.4. The maximum absolute atomic E-state index is 12.4. The first-order valence-electron chi connectivity index (χ1n) is 7.02. The number of rotatable bonds is 3. The van der Waals surface area contributed by atoms with Gasteiger partial charge >= 0.3 is 0 Å². The Bertz CT molecular complexity index is 464. The Morgan fingerprint density at radius 3 is 2.67 bits per heavy atom. The molecule has 2 atom stereocenters. The van der Waals surface area contributed by atoms with Crippen molar-refractivity contribution in [2.45, 2.75) is 46.2 Å². The molecule has 21 heavy (non-hydrogen) atoms. The number of nitrogens with zero attached hydrogens (tertiary/aromatic N) is 3. The quantitative estimate of drug-likeness (QED) is 0.919. The van der Waals surface area contributed by atoms with E-state index in [0.717, 1.165) is 31.0 Å². The van der Waals surface area contributed by atoms with Crippen LogP contribution in [0, 0.1) is 13.8 Å². The molecule has 1 amide bonds. The molecule has 1 aromatic rings. The molecule has 0 bridgehead atoms. The highest BCUT2D eigenvalue weighted by molar-refractivity contribution is 5.85. The molecule has 122 valence electrons. The van der Waals surface area contributed by atoms with Gasteiger partial charge in [-0.25, -0.2) is 0 Å². The lowest BCUT2D eigenvalue weighted by Gasteiger charge is -2.34. The zero-order chi connectivity index (χ0) is 14.0. The minimum atomic E-state index is 0. The fourth-order valence-electron chi connectivity index (χ4n) is 2.76. The fourth-order valence-corrected chi connectivity index (χ4v) is 2.76. The van der Waals surface area contributed by atoms with Crippen molar-refractivity contribution in [1.82, 2.24) is 20.0 Å². The zero-order valence-corrected chi connectivity index (χ0v) is 14.8. The van der Waals surface area contributed by atoms with E-state index in [2.05, 4.69) is 30.3 Å². The van der Waals surface area contributed by atoms with Crippen LogP contribution in [0.3, 0.4) is 0 Å². The molecule has 7 heteroatoms. The summed E-state index contributed by atoms with van der Waals surface area (Å²) in [5.74, 6) is 0.231. The van der Waals surface area contributed by atoms with Gasteiger partial charge in [0, 0.05) is 37.8 Å². The number of hydrogen-bond donors (Lipinski definition) is 1. The molecule has 0 radical (unpaired) electrons. The summed E-state index contributed by atoms with van der Waals surface area (Å²) in [5, 5.41) is 7.77. The van der Waals surface area contributed by atoms with Crippen molar-refractivity contribution >= 4 is 30.7 Å². The molecule has 1 aliphatic heterocycles. The second kappa shape index (κ2) is 8.61. The molecule has 1 unspecified atom stereocenters. The van der Waals surface area contributed by atoms with Crippen LogP contribution in [-0.4, -0.2) is 46.3 Å². The van der Waals surface area contributed by atoms with Crippen molar-refractivity contribution in [2.75, 3.05) is 19.6 Å². The lowest BCUT2D eigenvalue weighted by atomic mass is 10.1. The molecule has 1 aromatic heterocycles. The van der Waals surface area contributed by atoms with E-state index in [0.29, 0.717) is 6.42 Å². The van der Waals surface area contributed by atoms with Crippen LogP contribution in [-0.2, 0) is 4.79 Å². The fraction of sp³-hybridized carbons (Fsp3) is 0.714. The summed E-state index contributed by atoms with van der Waals surface area (Å²) in [6, 6.07) is 2.45. The number of aryl methyl sites for hydroxylation is 2. The van der Waals surface area contributed by atoms with Crippen LogP contribution < -0.4 is 5.32 Å². The number of aromatic nitrogens is 2.